The summed E-state index contributed by atoms with van der Waals surface area (Å²) in [5.41, 5.74) is 1.40. The molecule has 0 saturated heterocycles. The summed E-state index contributed by atoms with van der Waals surface area (Å²) in [6.45, 7) is 0. The summed E-state index contributed by atoms with van der Waals surface area (Å²) in [5.74, 6) is 0.785. The van der Waals surface area contributed by atoms with Crippen LogP contribution in [0.15, 0.2) is 0 Å². The normalized spacial score (nSPS) is 25.9. The molecule has 1 fully saturated rings. The first kappa shape index (κ1) is 10.7. The molecule has 0 amide bonds. The van der Waals surface area contributed by atoms with Crippen molar-refractivity contribution in [3.63, 3.8) is 0 Å². The summed E-state index contributed by atoms with van der Waals surface area (Å²) in [6.07, 6.45) is 9.35. The molecule has 1 aromatic rings. The Balaban J connectivity index is 1.89. The van der Waals surface area contributed by atoms with Crippen LogP contribution < -0.4 is 5.32 Å². The lowest BCUT2D eigenvalue weighted by atomic mass is 9.98. The highest BCUT2D eigenvalue weighted by molar-refractivity contribution is 7.12. The number of nitrogens with one attached hydrogen (secondary N) is 1. The number of aryl methyl sites for hydroxylation is 1. The van der Waals surface area contributed by atoms with E-state index in [-0.39, 0.29) is 0 Å². The Kier molecular flexibility index (Phi) is 2.99. The molecule has 3 heteroatoms. The minimum Gasteiger partial charge on any atom is -0.312 e. The number of aromatic nitrogens is 1. The predicted molar refractivity (Wildman–Crippen MR) is 68.1 cm³/mol. The average molecular weight is 236 g/mol. The number of rotatable bonds is 2. The molecule has 1 N–H and O–H groups in total. The first-order valence-electron chi connectivity index (χ1n) is 6.55. The second-order valence-electron chi connectivity index (χ2n) is 5.08. The van der Waals surface area contributed by atoms with E-state index in [1.54, 1.807) is 0 Å². The first-order chi connectivity index (χ1) is 7.88. The van der Waals surface area contributed by atoms with Crippen molar-refractivity contribution >= 4 is 11.3 Å². The molecule has 1 saturated carbocycles. The van der Waals surface area contributed by atoms with Gasteiger partial charge in [-0.25, -0.2) is 4.98 Å². The van der Waals surface area contributed by atoms with Gasteiger partial charge in [-0.1, -0.05) is 12.8 Å². The zero-order chi connectivity index (χ0) is 11.0. The van der Waals surface area contributed by atoms with E-state index in [0.717, 1.165) is 5.92 Å². The lowest BCUT2D eigenvalue weighted by Gasteiger charge is -2.20. The summed E-state index contributed by atoms with van der Waals surface area (Å²) in [4.78, 5) is 6.45. The maximum Gasteiger partial charge on any atom is 0.0962 e. The van der Waals surface area contributed by atoms with Crippen molar-refractivity contribution in [2.75, 3.05) is 7.05 Å². The van der Waals surface area contributed by atoms with Gasteiger partial charge >= 0.3 is 0 Å². The van der Waals surface area contributed by atoms with Gasteiger partial charge in [-0.3, -0.25) is 0 Å². The number of fused-ring (bicyclic) bond motifs is 1. The molecule has 2 aliphatic carbocycles. The van der Waals surface area contributed by atoms with E-state index < -0.39 is 0 Å². The summed E-state index contributed by atoms with van der Waals surface area (Å²) in [7, 11) is 2.08. The highest BCUT2D eigenvalue weighted by atomic mass is 32.1. The van der Waals surface area contributed by atoms with Gasteiger partial charge in [0.2, 0.25) is 0 Å². The minimum atomic E-state index is 0.580. The van der Waals surface area contributed by atoms with Crippen LogP contribution in [0.1, 0.15) is 66.1 Å². The quantitative estimate of drug-likeness (QED) is 0.851. The average Bonchev–Trinajstić information content (AvgIpc) is 2.96. The van der Waals surface area contributed by atoms with E-state index >= 15 is 0 Å². The number of hydrogen-bond acceptors (Lipinski definition) is 3. The van der Waals surface area contributed by atoms with E-state index in [2.05, 4.69) is 12.4 Å². The van der Waals surface area contributed by atoms with E-state index in [4.69, 9.17) is 4.98 Å². The summed E-state index contributed by atoms with van der Waals surface area (Å²) >= 11 is 1.99. The molecule has 2 aliphatic rings. The Labute approximate surface area is 101 Å². The van der Waals surface area contributed by atoms with Crippen molar-refractivity contribution in [3.05, 3.63) is 15.6 Å². The fraction of sp³-hybridized carbons (Fsp3) is 0.769. The lowest BCUT2D eigenvalue weighted by Crippen LogP contribution is -2.19. The van der Waals surface area contributed by atoms with Crippen molar-refractivity contribution in [2.24, 2.45) is 0 Å². The van der Waals surface area contributed by atoms with Gasteiger partial charge < -0.3 is 5.32 Å². The minimum absolute atomic E-state index is 0.580. The maximum absolute atomic E-state index is 4.91. The highest BCUT2D eigenvalue weighted by Gasteiger charge is 2.27. The largest absolute Gasteiger partial charge is 0.312 e. The fourth-order valence-electron chi connectivity index (χ4n) is 3.06. The smallest absolute Gasteiger partial charge is 0.0962 e. The number of hydrogen-bond donors (Lipinski definition) is 1. The van der Waals surface area contributed by atoms with E-state index in [9.17, 15) is 0 Å². The second kappa shape index (κ2) is 4.46. The van der Waals surface area contributed by atoms with Crippen molar-refractivity contribution in [1.82, 2.24) is 10.3 Å². The summed E-state index contributed by atoms with van der Waals surface area (Å²) in [5, 5.41) is 4.87. The van der Waals surface area contributed by atoms with Crippen LogP contribution in [0.3, 0.4) is 0 Å². The van der Waals surface area contributed by atoms with Crippen LogP contribution in [0.25, 0.3) is 0 Å². The predicted octanol–water partition coefficient (Wildman–Crippen LogP) is 3.40. The Hall–Kier alpha value is -0.410. The van der Waals surface area contributed by atoms with Gasteiger partial charge in [0.1, 0.15) is 0 Å². The molecule has 88 valence electrons. The van der Waals surface area contributed by atoms with Crippen LogP contribution in [-0.4, -0.2) is 12.0 Å². The molecule has 1 atom stereocenters. The van der Waals surface area contributed by atoms with E-state index in [0.29, 0.717) is 6.04 Å². The standard InChI is InChI=1S/C13H20N2S/c1-14-10-7-4-8-11-12(10)16-13(15-11)9-5-2-3-6-9/h9-10,14H,2-8H2,1H3. The van der Waals surface area contributed by atoms with Gasteiger partial charge in [-0.2, -0.15) is 0 Å². The SMILES string of the molecule is CNC1CCCc2nc(C3CCCC3)sc21. The van der Waals surface area contributed by atoms with Crippen molar-refractivity contribution in [1.29, 1.82) is 0 Å². The molecule has 0 bridgehead atoms. The molecule has 0 aromatic carbocycles. The molecular formula is C13H20N2S. The summed E-state index contributed by atoms with van der Waals surface area (Å²) in [6, 6.07) is 0.580. The number of nitrogens with zero attached hydrogens (tertiary/aromatic N) is 1. The molecule has 1 aromatic heterocycles. The Morgan fingerprint density at radius 3 is 2.75 bits per heavy atom. The van der Waals surface area contributed by atoms with Crippen LogP contribution in [0.2, 0.25) is 0 Å². The molecule has 0 aliphatic heterocycles. The van der Waals surface area contributed by atoms with Gasteiger partial charge in [0.25, 0.3) is 0 Å². The second-order valence-corrected chi connectivity index (χ2v) is 6.14. The van der Waals surface area contributed by atoms with Gasteiger partial charge in [-0.05, 0) is 39.2 Å². The molecule has 16 heavy (non-hydrogen) atoms. The molecule has 0 spiro atoms. The van der Waals surface area contributed by atoms with Crippen molar-refractivity contribution in [3.8, 4) is 0 Å². The molecule has 1 heterocycles. The topological polar surface area (TPSA) is 24.9 Å². The van der Waals surface area contributed by atoms with Crippen molar-refractivity contribution in [2.45, 2.75) is 56.9 Å². The Morgan fingerprint density at radius 1 is 1.19 bits per heavy atom. The maximum atomic E-state index is 4.91. The monoisotopic (exact) mass is 236 g/mol. The molecule has 1 unspecified atom stereocenters. The summed E-state index contributed by atoms with van der Waals surface area (Å²) < 4.78 is 0. The molecular weight excluding hydrogens is 216 g/mol. The fourth-order valence-corrected chi connectivity index (χ4v) is 4.49. The van der Waals surface area contributed by atoms with Gasteiger partial charge in [0, 0.05) is 16.8 Å². The molecule has 0 radical (unpaired) electrons. The Morgan fingerprint density at radius 2 is 2.00 bits per heavy atom. The van der Waals surface area contributed by atoms with Crippen LogP contribution >= 0.6 is 11.3 Å². The van der Waals surface area contributed by atoms with Gasteiger partial charge in [0.05, 0.1) is 10.7 Å². The van der Waals surface area contributed by atoms with Crippen LogP contribution in [0, 0.1) is 0 Å². The molecule has 2 nitrogen and oxygen atoms in total. The van der Waals surface area contributed by atoms with Crippen LogP contribution in [0.5, 0.6) is 0 Å². The van der Waals surface area contributed by atoms with Crippen molar-refractivity contribution < 1.29 is 0 Å². The van der Waals surface area contributed by atoms with Crippen LogP contribution in [0.4, 0.5) is 0 Å². The van der Waals surface area contributed by atoms with E-state index in [1.807, 2.05) is 11.3 Å². The van der Waals surface area contributed by atoms with E-state index in [1.165, 1.54) is 60.5 Å². The van der Waals surface area contributed by atoms with Gasteiger partial charge in [0.15, 0.2) is 0 Å². The Bertz CT molecular complexity index is 366. The number of thiazole rings is 1. The zero-order valence-electron chi connectivity index (χ0n) is 9.96. The highest BCUT2D eigenvalue weighted by Crippen LogP contribution is 2.41. The first-order valence-corrected chi connectivity index (χ1v) is 7.37. The third kappa shape index (κ3) is 1.80. The van der Waals surface area contributed by atoms with Gasteiger partial charge in [-0.15, -0.1) is 11.3 Å². The lowest BCUT2D eigenvalue weighted by molar-refractivity contribution is 0.500. The molecule has 3 rings (SSSR count). The van der Waals surface area contributed by atoms with Crippen LogP contribution in [-0.2, 0) is 6.42 Å². The zero-order valence-corrected chi connectivity index (χ0v) is 10.8. The third-order valence-electron chi connectivity index (χ3n) is 4.02. The third-order valence-corrected chi connectivity index (χ3v) is 5.39.